The van der Waals surface area contributed by atoms with Gasteiger partial charge in [0.15, 0.2) is 0 Å². The lowest BCUT2D eigenvalue weighted by Gasteiger charge is -2.29. The van der Waals surface area contributed by atoms with Gasteiger partial charge in [0.1, 0.15) is 0 Å². The van der Waals surface area contributed by atoms with Crippen molar-refractivity contribution in [1.82, 2.24) is 4.90 Å². The molecule has 110 valence electrons. The molecule has 4 nitrogen and oxygen atoms in total. The standard InChI is InChI=1S/C16H24N2O2/c1-12(2)14-7-3-4-8-15(14)17-16(20)11-18-9-5-6-13(19)10-18/h3-4,7-8,12-13,19H,5-6,9-11H2,1-2H3,(H,17,20)/t13-/m0/s1. The molecule has 1 heterocycles. The highest BCUT2D eigenvalue weighted by molar-refractivity contribution is 5.93. The summed E-state index contributed by atoms with van der Waals surface area (Å²) in [5.41, 5.74) is 2.05. The first-order valence-electron chi connectivity index (χ1n) is 7.35. The molecule has 1 aliphatic rings. The molecular formula is C16H24N2O2. The van der Waals surface area contributed by atoms with E-state index in [1.165, 1.54) is 0 Å². The number of benzene rings is 1. The molecule has 1 fully saturated rings. The Morgan fingerprint density at radius 2 is 2.20 bits per heavy atom. The zero-order valence-electron chi connectivity index (χ0n) is 12.3. The number of anilines is 1. The number of likely N-dealkylation sites (tertiary alicyclic amines) is 1. The molecule has 0 aromatic heterocycles. The predicted molar refractivity (Wildman–Crippen MR) is 80.8 cm³/mol. The van der Waals surface area contributed by atoms with Crippen molar-refractivity contribution in [2.24, 2.45) is 0 Å². The van der Waals surface area contributed by atoms with E-state index in [0.29, 0.717) is 19.0 Å². The van der Waals surface area contributed by atoms with Gasteiger partial charge < -0.3 is 10.4 Å². The van der Waals surface area contributed by atoms with E-state index in [-0.39, 0.29) is 12.0 Å². The van der Waals surface area contributed by atoms with Crippen molar-refractivity contribution in [3.8, 4) is 0 Å². The Hall–Kier alpha value is -1.39. The molecule has 0 unspecified atom stereocenters. The largest absolute Gasteiger partial charge is 0.392 e. The van der Waals surface area contributed by atoms with Crippen LogP contribution in [-0.2, 0) is 4.79 Å². The van der Waals surface area contributed by atoms with Gasteiger partial charge in [-0.2, -0.15) is 0 Å². The van der Waals surface area contributed by atoms with E-state index >= 15 is 0 Å². The zero-order valence-corrected chi connectivity index (χ0v) is 12.3. The Morgan fingerprint density at radius 3 is 2.90 bits per heavy atom. The maximum Gasteiger partial charge on any atom is 0.238 e. The number of β-amino-alcohol motifs (C(OH)–C–C–N with tert-alkyl or cyclic N) is 1. The van der Waals surface area contributed by atoms with E-state index in [2.05, 4.69) is 19.2 Å². The average molecular weight is 276 g/mol. The number of amides is 1. The minimum atomic E-state index is -0.292. The molecule has 0 aliphatic carbocycles. The molecule has 0 spiro atoms. The number of aliphatic hydroxyl groups excluding tert-OH is 1. The van der Waals surface area contributed by atoms with Crippen LogP contribution in [0.1, 0.15) is 38.2 Å². The summed E-state index contributed by atoms with van der Waals surface area (Å²) in [6.45, 7) is 6.07. The number of rotatable bonds is 4. The van der Waals surface area contributed by atoms with Crippen LogP contribution >= 0.6 is 0 Å². The lowest BCUT2D eigenvalue weighted by molar-refractivity contribution is -0.118. The quantitative estimate of drug-likeness (QED) is 0.886. The van der Waals surface area contributed by atoms with Crippen molar-refractivity contribution in [2.45, 2.75) is 38.7 Å². The number of hydrogen-bond acceptors (Lipinski definition) is 3. The number of carbonyl (C=O) groups excluding carboxylic acids is 1. The van der Waals surface area contributed by atoms with E-state index in [9.17, 15) is 9.90 Å². The molecule has 20 heavy (non-hydrogen) atoms. The van der Waals surface area contributed by atoms with E-state index in [1.807, 2.05) is 29.2 Å². The average Bonchev–Trinajstić information content (AvgIpc) is 2.38. The lowest BCUT2D eigenvalue weighted by atomic mass is 10.0. The predicted octanol–water partition coefficient (Wildman–Crippen LogP) is 2.21. The van der Waals surface area contributed by atoms with E-state index in [0.717, 1.165) is 30.6 Å². The molecule has 1 amide bonds. The molecule has 1 aromatic carbocycles. The third-order valence-corrected chi connectivity index (χ3v) is 3.70. The highest BCUT2D eigenvalue weighted by atomic mass is 16.3. The first-order valence-corrected chi connectivity index (χ1v) is 7.35. The van der Waals surface area contributed by atoms with Crippen molar-refractivity contribution in [3.05, 3.63) is 29.8 Å². The molecule has 1 aromatic rings. The SMILES string of the molecule is CC(C)c1ccccc1NC(=O)CN1CCC[C@H](O)C1. The third-order valence-electron chi connectivity index (χ3n) is 3.70. The van der Waals surface area contributed by atoms with Crippen LogP contribution in [0.25, 0.3) is 0 Å². The highest BCUT2D eigenvalue weighted by Gasteiger charge is 2.20. The van der Waals surface area contributed by atoms with Gasteiger partial charge in [-0.05, 0) is 36.9 Å². The fraction of sp³-hybridized carbons (Fsp3) is 0.562. The Labute approximate surface area is 120 Å². The Balaban J connectivity index is 1.94. The van der Waals surface area contributed by atoms with Crippen molar-refractivity contribution >= 4 is 11.6 Å². The van der Waals surface area contributed by atoms with Gasteiger partial charge in [-0.25, -0.2) is 0 Å². The molecular weight excluding hydrogens is 252 g/mol. The molecule has 4 heteroatoms. The monoisotopic (exact) mass is 276 g/mol. The number of carbonyl (C=O) groups is 1. The van der Waals surface area contributed by atoms with Crippen LogP contribution in [0.15, 0.2) is 24.3 Å². The maximum absolute atomic E-state index is 12.1. The number of nitrogens with one attached hydrogen (secondary N) is 1. The highest BCUT2D eigenvalue weighted by Crippen LogP contribution is 2.23. The molecule has 0 saturated carbocycles. The Morgan fingerprint density at radius 1 is 1.45 bits per heavy atom. The van der Waals surface area contributed by atoms with Gasteiger partial charge in [0.25, 0.3) is 0 Å². The molecule has 1 atom stereocenters. The molecule has 0 bridgehead atoms. The minimum absolute atomic E-state index is 0.00722. The van der Waals surface area contributed by atoms with Crippen LogP contribution in [0.4, 0.5) is 5.69 Å². The summed E-state index contributed by atoms with van der Waals surface area (Å²) >= 11 is 0. The minimum Gasteiger partial charge on any atom is -0.392 e. The summed E-state index contributed by atoms with van der Waals surface area (Å²) in [5, 5.41) is 12.6. The second-order valence-electron chi connectivity index (χ2n) is 5.82. The summed E-state index contributed by atoms with van der Waals surface area (Å²) in [5.74, 6) is 0.371. The van der Waals surface area contributed by atoms with Crippen molar-refractivity contribution < 1.29 is 9.90 Å². The van der Waals surface area contributed by atoms with Gasteiger partial charge in [-0.3, -0.25) is 9.69 Å². The van der Waals surface area contributed by atoms with Gasteiger partial charge in [0.05, 0.1) is 12.6 Å². The summed E-state index contributed by atoms with van der Waals surface area (Å²) < 4.78 is 0. The molecule has 1 aliphatic heterocycles. The number of nitrogens with zero attached hydrogens (tertiary/aromatic N) is 1. The maximum atomic E-state index is 12.1. The van der Waals surface area contributed by atoms with E-state index in [4.69, 9.17) is 0 Å². The summed E-state index contributed by atoms with van der Waals surface area (Å²) in [7, 11) is 0. The van der Waals surface area contributed by atoms with Crippen molar-refractivity contribution in [3.63, 3.8) is 0 Å². The van der Waals surface area contributed by atoms with Crippen LogP contribution in [0.2, 0.25) is 0 Å². The second kappa shape index (κ2) is 6.86. The van der Waals surface area contributed by atoms with E-state index in [1.54, 1.807) is 0 Å². The molecule has 2 rings (SSSR count). The fourth-order valence-electron chi connectivity index (χ4n) is 2.68. The number of para-hydroxylation sites is 1. The van der Waals surface area contributed by atoms with Crippen LogP contribution in [-0.4, -0.2) is 41.7 Å². The first-order chi connectivity index (χ1) is 9.56. The van der Waals surface area contributed by atoms with Crippen molar-refractivity contribution in [2.75, 3.05) is 25.0 Å². The van der Waals surface area contributed by atoms with Crippen LogP contribution in [0.5, 0.6) is 0 Å². The van der Waals surface area contributed by atoms with E-state index < -0.39 is 0 Å². The van der Waals surface area contributed by atoms with Crippen molar-refractivity contribution in [1.29, 1.82) is 0 Å². The Kier molecular flexibility index (Phi) is 5.15. The van der Waals surface area contributed by atoms with Crippen LogP contribution in [0.3, 0.4) is 0 Å². The van der Waals surface area contributed by atoms with Crippen LogP contribution in [0, 0.1) is 0 Å². The normalized spacial score (nSPS) is 20.1. The first kappa shape index (κ1) is 15.0. The molecule has 2 N–H and O–H groups in total. The number of aliphatic hydroxyl groups is 1. The van der Waals surface area contributed by atoms with Gasteiger partial charge in [-0.1, -0.05) is 32.0 Å². The van der Waals surface area contributed by atoms with Crippen LogP contribution < -0.4 is 5.32 Å². The topological polar surface area (TPSA) is 52.6 Å². The smallest absolute Gasteiger partial charge is 0.238 e. The Bertz CT molecular complexity index is 460. The third kappa shape index (κ3) is 4.05. The second-order valence-corrected chi connectivity index (χ2v) is 5.82. The summed E-state index contributed by atoms with van der Waals surface area (Å²) in [4.78, 5) is 14.1. The number of hydrogen-bond donors (Lipinski definition) is 2. The zero-order chi connectivity index (χ0) is 14.5. The summed E-state index contributed by atoms with van der Waals surface area (Å²) in [6, 6.07) is 7.92. The lowest BCUT2D eigenvalue weighted by Crippen LogP contribution is -2.42. The number of piperidine rings is 1. The van der Waals surface area contributed by atoms with Gasteiger partial charge in [-0.15, -0.1) is 0 Å². The van der Waals surface area contributed by atoms with Gasteiger partial charge >= 0.3 is 0 Å². The molecule has 0 radical (unpaired) electrons. The summed E-state index contributed by atoms with van der Waals surface area (Å²) in [6.07, 6.45) is 1.50. The van der Waals surface area contributed by atoms with Gasteiger partial charge in [0.2, 0.25) is 5.91 Å². The fourth-order valence-corrected chi connectivity index (χ4v) is 2.68. The molecule has 1 saturated heterocycles. The van der Waals surface area contributed by atoms with Gasteiger partial charge in [0, 0.05) is 12.2 Å².